The van der Waals surface area contributed by atoms with Crippen molar-refractivity contribution in [1.82, 2.24) is 5.32 Å². The molecule has 80 valence electrons. The molecule has 8 heteroatoms. The average Bonchev–Trinajstić information content (AvgIpc) is 1.81. The molecule has 0 spiro atoms. The van der Waals surface area contributed by atoms with Gasteiger partial charge >= 0.3 is 18.1 Å². The Balaban J connectivity index is 4.58. The summed E-state index contributed by atoms with van der Waals surface area (Å²) in [5.41, 5.74) is 0. The van der Waals surface area contributed by atoms with E-state index >= 15 is 0 Å². The smallest absolute Gasteiger partial charge is 0.256 e. The van der Waals surface area contributed by atoms with Crippen molar-refractivity contribution >= 4 is 0 Å². The fraction of sp³-hybridized carbons (Fsp3) is 1.00. The van der Waals surface area contributed by atoms with Crippen LogP contribution in [0.5, 0.6) is 0 Å². The van der Waals surface area contributed by atoms with Gasteiger partial charge in [0.2, 0.25) is 0 Å². The van der Waals surface area contributed by atoms with Crippen molar-refractivity contribution in [1.29, 1.82) is 0 Å². The molecule has 0 unspecified atom stereocenters. The molecule has 0 atom stereocenters. The van der Waals surface area contributed by atoms with E-state index in [1.807, 2.05) is 0 Å². The standard InChI is InChI=1S/C5H6F7N/c1-13-5(11,12)3(6,7)2-4(8,9)10/h13H,2H2,1H3. The highest BCUT2D eigenvalue weighted by Crippen LogP contribution is 2.40. The third-order valence-corrected chi connectivity index (χ3v) is 1.20. The van der Waals surface area contributed by atoms with Crippen molar-refractivity contribution in [3.63, 3.8) is 0 Å². The maximum atomic E-state index is 12.2. The van der Waals surface area contributed by atoms with E-state index in [-0.39, 0.29) is 0 Å². The highest BCUT2D eigenvalue weighted by atomic mass is 19.4. The minimum atomic E-state index is -5.33. The molecule has 13 heavy (non-hydrogen) atoms. The number of alkyl halides is 7. The van der Waals surface area contributed by atoms with Gasteiger partial charge in [0.15, 0.2) is 0 Å². The molecular weight excluding hydrogens is 207 g/mol. The summed E-state index contributed by atoms with van der Waals surface area (Å²) < 4.78 is 82.7. The normalized spacial score (nSPS) is 14.8. The molecule has 0 aliphatic heterocycles. The Labute approximate surface area is 68.9 Å². The second kappa shape index (κ2) is 3.32. The summed E-state index contributed by atoms with van der Waals surface area (Å²) in [6.07, 6.45) is -8.18. The summed E-state index contributed by atoms with van der Waals surface area (Å²) in [5, 5.41) is 0.821. The Morgan fingerprint density at radius 1 is 0.923 bits per heavy atom. The van der Waals surface area contributed by atoms with Crippen LogP contribution in [0.4, 0.5) is 30.7 Å². The maximum Gasteiger partial charge on any atom is 0.395 e. The predicted octanol–water partition coefficient (Wildman–Crippen LogP) is 2.39. The number of halogens is 7. The highest BCUT2D eigenvalue weighted by molar-refractivity contribution is 4.83. The van der Waals surface area contributed by atoms with Gasteiger partial charge in [-0.25, -0.2) is 0 Å². The van der Waals surface area contributed by atoms with Crippen LogP contribution in [0.2, 0.25) is 0 Å². The fourth-order valence-electron chi connectivity index (χ4n) is 0.546. The van der Waals surface area contributed by atoms with Gasteiger partial charge in [-0.1, -0.05) is 0 Å². The molecule has 0 aromatic rings. The molecule has 1 nitrogen and oxygen atoms in total. The zero-order chi connectivity index (χ0) is 10.9. The summed E-state index contributed by atoms with van der Waals surface area (Å²) in [5.74, 6) is -5.14. The topological polar surface area (TPSA) is 12.0 Å². The first-order valence-electron chi connectivity index (χ1n) is 3.03. The fourth-order valence-corrected chi connectivity index (χ4v) is 0.546. The first kappa shape index (κ1) is 12.5. The Morgan fingerprint density at radius 2 is 1.31 bits per heavy atom. The molecular formula is C5H6F7N. The zero-order valence-electron chi connectivity index (χ0n) is 6.35. The summed E-state index contributed by atoms with van der Waals surface area (Å²) >= 11 is 0. The van der Waals surface area contributed by atoms with Crippen LogP contribution in [-0.2, 0) is 0 Å². The van der Waals surface area contributed by atoms with Crippen molar-refractivity contribution in [3.8, 4) is 0 Å². The molecule has 0 aromatic carbocycles. The second-order valence-corrected chi connectivity index (χ2v) is 2.32. The highest BCUT2D eigenvalue weighted by Gasteiger charge is 2.60. The average molecular weight is 213 g/mol. The number of rotatable bonds is 3. The van der Waals surface area contributed by atoms with Crippen molar-refractivity contribution in [2.75, 3.05) is 7.05 Å². The molecule has 0 aromatic heterocycles. The summed E-state index contributed by atoms with van der Waals surface area (Å²) in [6, 6.07) is -4.86. The minimum absolute atomic E-state index is 0.449. The van der Waals surface area contributed by atoms with E-state index in [9.17, 15) is 30.7 Å². The Bertz CT molecular complexity index is 172. The summed E-state index contributed by atoms with van der Waals surface area (Å²) in [4.78, 5) is 0. The van der Waals surface area contributed by atoms with E-state index in [1.165, 1.54) is 0 Å². The Morgan fingerprint density at radius 3 is 1.54 bits per heavy atom. The molecule has 0 saturated carbocycles. The largest absolute Gasteiger partial charge is 0.395 e. The lowest BCUT2D eigenvalue weighted by Crippen LogP contribution is -2.52. The summed E-state index contributed by atoms with van der Waals surface area (Å²) in [6.45, 7) is 0. The zero-order valence-corrected chi connectivity index (χ0v) is 6.35. The van der Waals surface area contributed by atoms with Gasteiger partial charge in [0.05, 0.1) is 0 Å². The second-order valence-electron chi connectivity index (χ2n) is 2.32. The molecule has 0 rings (SSSR count). The van der Waals surface area contributed by atoms with Crippen LogP contribution in [0.3, 0.4) is 0 Å². The number of hydrogen-bond acceptors (Lipinski definition) is 1. The third-order valence-electron chi connectivity index (χ3n) is 1.20. The van der Waals surface area contributed by atoms with Crippen molar-refractivity contribution in [2.45, 2.75) is 24.6 Å². The number of hydrogen-bond donors (Lipinski definition) is 1. The molecule has 0 saturated heterocycles. The molecule has 0 aliphatic rings. The van der Waals surface area contributed by atoms with E-state index in [4.69, 9.17) is 0 Å². The van der Waals surface area contributed by atoms with Gasteiger partial charge in [-0.05, 0) is 7.05 Å². The Hall–Kier alpha value is -0.530. The van der Waals surface area contributed by atoms with E-state index in [0.29, 0.717) is 7.05 Å². The van der Waals surface area contributed by atoms with E-state index < -0.39 is 24.6 Å². The first-order chi connectivity index (χ1) is 5.52. The van der Waals surface area contributed by atoms with Crippen molar-refractivity contribution < 1.29 is 30.7 Å². The van der Waals surface area contributed by atoms with Gasteiger partial charge in [0, 0.05) is 0 Å². The molecule has 0 bridgehead atoms. The monoisotopic (exact) mass is 213 g/mol. The first-order valence-corrected chi connectivity index (χ1v) is 3.03. The van der Waals surface area contributed by atoms with Gasteiger partial charge in [-0.15, -0.1) is 0 Å². The van der Waals surface area contributed by atoms with Crippen LogP contribution in [-0.4, -0.2) is 25.2 Å². The lowest BCUT2D eigenvalue weighted by molar-refractivity contribution is -0.272. The SMILES string of the molecule is CNC(F)(F)C(F)(F)CC(F)(F)F. The maximum absolute atomic E-state index is 12.2. The number of nitrogens with one attached hydrogen (secondary N) is 1. The third kappa shape index (κ3) is 3.37. The van der Waals surface area contributed by atoms with Crippen molar-refractivity contribution in [3.05, 3.63) is 0 Å². The van der Waals surface area contributed by atoms with Gasteiger partial charge in [0.1, 0.15) is 6.42 Å². The molecule has 0 amide bonds. The quantitative estimate of drug-likeness (QED) is 0.560. The van der Waals surface area contributed by atoms with Crippen LogP contribution in [0, 0.1) is 0 Å². The van der Waals surface area contributed by atoms with Gasteiger partial charge in [0.25, 0.3) is 0 Å². The molecule has 1 N–H and O–H groups in total. The van der Waals surface area contributed by atoms with E-state index in [1.54, 1.807) is 0 Å². The van der Waals surface area contributed by atoms with Crippen LogP contribution < -0.4 is 5.32 Å². The van der Waals surface area contributed by atoms with Crippen LogP contribution in [0.15, 0.2) is 0 Å². The lowest BCUT2D eigenvalue weighted by Gasteiger charge is -2.26. The van der Waals surface area contributed by atoms with Crippen LogP contribution >= 0.6 is 0 Å². The molecule has 0 fully saturated rings. The molecule has 0 heterocycles. The Kier molecular flexibility index (Phi) is 3.18. The lowest BCUT2D eigenvalue weighted by atomic mass is 10.2. The van der Waals surface area contributed by atoms with Gasteiger partial charge in [-0.3, -0.25) is 5.32 Å². The van der Waals surface area contributed by atoms with Gasteiger partial charge in [-0.2, -0.15) is 30.7 Å². The predicted molar refractivity (Wildman–Crippen MR) is 29.6 cm³/mol. The molecule has 0 aliphatic carbocycles. The van der Waals surface area contributed by atoms with Crippen molar-refractivity contribution in [2.24, 2.45) is 0 Å². The molecule has 0 radical (unpaired) electrons. The minimum Gasteiger partial charge on any atom is -0.256 e. The van der Waals surface area contributed by atoms with E-state index in [0.717, 1.165) is 5.32 Å². The van der Waals surface area contributed by atoms with Crippen LogP contribution in [0.25, 0.3) is 0 Å². The summed E-state index contributed by atoms with van der Waals surface area (Å²) in [7, 11) is 0.449. The van der Waals surface area contributed by atoms with Crippen LogP contribution in [0.1, 0.15) is 6.42 Å². The van der Waals surface area contributed by atoms with Gasteiger partial charge < -0.3 is 0 Å². The van der Waals surface area contributed by atoms with E-state index in [2.05, 4.69) is 0 Å².